The number of benzene rings is 2. The summed E-state index contributed by atoms with van der Waals surface area (Å²) in [5.41, 5.74) is 5.39. The van der Waals surface area contributed by atoms with E-state index in [0.29, 0.717) is 25.3 Å². The Labute approximate surface area is 163 Å². The molecule has 2 aromatic carbocycles. The van der Waals surface area contributed by atoms with Crippen molar-refractivity contribution in [1.29, 1.82) is 0 Å². The van der Waals surface area contributed by atoms with Gasteiger partial charge in [-0.2, -0.15) is 0 Å². The summed E-state index contributed by atoms with van der Waals surface area (Å²) in [6.07, 6.45) is 0.534. The van der Waals surface area contributed by atoms with Gasteiger partial charge in [0.15, 0.2) is 6.61 Å². The highest BCUT2D eigenvalue weighted by atomic mass is 19.1. The normalized spacial score (nSPS) is 19.1. The second-order valence-electron chi connectivity index (χ2n) is 6.77. The molecule has 1 heterocycles. The molecule has 0 bridgehead atoms. The Hall–Kier alpha value is -3.09. The molecule has 0 unspecified atom stereocenters. The van der Waals surface area contributed by atoms with Crippen LogP contribution in [0, 0.1) is 11.7 Å². The first-order chi connectivity index (χ1) is 13.5. The molecule has 7 heteroatoms. The lowest BCUT2D eigenvalue weighted by Gasteiger charge is -2.38. The highest BCUT2D eigenvalue weighted by Gasteiger charge is 2.34. The van der Waals surface area contributed by atoms with Crippen LogP contribution in [0.5, 0.6) is 11.5 Å². The third-order valence-corrected chi connectivity index (χ3v) is 4.69. The lowest BCUT2D eigenvalue weighted by Crippen LogP contribution is -2.50. The number of para-hydroxylation sites is 1. The highest BCUT2D eigenvalue weighted by Crippen LogP contribution is 2.25. The summed E-state index contributed by atoms with van der Waals surface area (Å²) in [5.74, 6) is -0.0395. The topological polar surface area (TPSA) is 81.9 Å². The molecule has 1 aliphatic rings. The molecule has 2 atom stereocenters. The Balaban J connectivity index is 1.58. The van der Waals surface area contributed by atoms with Crippen LogP contribution < -0.4 is 15.2 Å². The molecule has 0 saturated carbocycles. The number of ether oxygens (including phenoxy) is 2. The van der Waals surface area contributed by atoms with Gasteiger partial charge in [0, 0.05) is 31.8 Å². The molecule has 3 rings (SSSR count). The SMILES string of the molecule is NC(=O)C[C@H]1CN(C(=O)COc2ccc(F)cc2)CC[C@@H]1Oc1ccccc1. The molecule has 0 spiro atoms. The summed E-state index contributed by atoms with van der Waals surface area (Å²) in [6, 6.07) is 14.9. The maximum Gasteiger partial charge on any atom is 0.260 e. The van der Waals surface area contributed by atoms with Crippen LogP contribution >= 0.6 is 0 Å². The van der Waals surface area contributed by atoms with Crippen molar-refractivity contribution in [2.45, 2.75) is 18.9 Å². The monoisotopic (exact) mass is 386 g/mol. The predicted molar refractivity (Wildman–Crippen MR) is 101 cm³/mol. The number of halogens is 1. The van der Waals surface area contributed by atoms with E-state index in [9.17, 15) is 14.0 Å². The van der Waals surface area contributed by atoms with E-state index in [-0.39, 0.29) is 36.8 Å². The largest absolute Gasteiger partial charge is 0.490 e. The van der Waals surface area contributed by atoms with E-state index in [4.69, 9.17) is 15.2 Å². The maximum absolute atomic E-state index is 12.9. The number of rotatable bonds is 7. The predicted octanol–water partition coefficient (Wildman–Crippen LogP) is 2.38. The third-order valence-electron chi connectivity index (χ3n) is 4.69. The summed E-state index contributed by atoms with van der Waals surface area (Å²) in [7, 11) is 0. The van der Waals surface area contributed by atoms with Crippen molar-refractivity contribution in [2.75, 3.05) is 19.7 Å². The third kappa shape index (κ3) is 5.45. The van der Waals surface area contributed by atoms with Crippen LogP contribution in [0.4, 0.5) is 4.39 Å². The minimum Gasteiger partial charge on any atom is -0.490 e. The van der Waals surface area contributed by atoms with Crippen LogP contribution in [0.3, 0.4) is 0 Å². The molecule has 2 aromatic rings. The molecule has 1 fully saturated rings. The van der Waals surface area contributed by atoms with Crippen LogP contribution in [0.2, 0.25) is 0 Å². The van der Waals surface area contributed by atoms with Gasteiger partial charge in [0.1, 0.15) is 23.4 Å². The smallest absolute Gasteiger partial charge is 0.260 e. The number of hydrogen-bond acceptors (Lipinski definition) is 4. The van der Waals surface area contributed by atoms with Gasteiger partial charge >= 0.3 is 0 Å². The number of carbonyl (C=O) groups is 2. The Morgan fingerprint density at radius 3 is 2.46 bits per heavy atom. The van der Waals surface area contributed by atoms with Gasteiger partial charge in [0.2, 0.25) is 5.91 Å². The van der Waals surface area contributed by atoms with E-state index in [1.165, 1.54) is 24.3 Å². The fraction of sp³-hybridized carbons (Fsp3) is 0.333. The van der Waals surface area contributed by atoms with Crippen LogP contribution in [-0.4, -0.2) is 42.5 Å². The number of likely N-dealkylation sites (tertiary alicyclic amines) is 1. The summed E-state index contributed by atoms with van der Waals surface area (Å²) < 4.78 is 24.4. The van der Waals surface area contributed by atoms with E-state index in [0.717, 1.165) is 5.75 Å². The minimum absolute atomic E-state index is 0.139. The average molecular weight is 386 g/mol. The first-order valence-corrected chi connectivity index (χ1v) is 9.17. The van der Waals surface area contributed by atoms with E-state index < -0.39 is 5.91 Å². The molecule has 2 N–H and O–H groups in total. The zero-order chi connectivity index (χ0) is 19.9. The fourth-order valence-electron chi connectivity index (χ4n) is 3.29. The molecule has 1 saturated heterocycles. The van der Waals surface area contributed by atoms with Gasteiger partial charge in [-0.3, -0.25) is 9.59 Å². The van der Waals surface area contributed by atoms with Crippen LogP contribution in [0.25, 0.3) is 0 Å². The van der Waals surface area contributed by atoms with Crippen molar-refractivity contribution in [3.63, 3.8) is 0 Å². The van der Waals surface area contributed by atoms with E-state index in [2.05, 4.69) is 0 Å². The van der Waals surface area contributed by atoms with Crippen molar-refractivity contribution in [1.82, 2.24) is 4.90 Å². The van der Waals surface area contributed by atoms with Crippen molar-refractivity contribution in [3.8, 4) is 11.5 Å². The van der Waals surface area contributed by atoms with Crippen LogP contribution in [0.1, 0.15) is 12.8 Å². The molecule has 1 aliphatic heterocycles. The maximum atomic E-state index is 12.9. The molecular weight excluding hydrogens is 363 g/mol. The molecule has 148 valence electrons. The van der Waals surface area contributed by atoms with Crippen LogP contribution in [0.15, 0.2) is 54.6 Å². The number of piperidine rings is 1. The number of primary amides is 1. The van der Waals surface area contributed by atoms with Gasteiger partial charge in [-0.25, -0.2) is 4.39 Å². The molecule has 6 nitrogen and oxygen atoms in total. The molecular formula is C21H23FN2O4. The lowest BCUT2D eigenvalue weighted by atomic mass is 9.91. The zero-order valence-electron chi connectivity index (χ0n) is 15.4. The molecule has 0 aromatic heterocycles. The number of amides is 2. The van der Waals surface area contributed by atoms with E-state index in [1.807, 2.05) is 30.3 Å². The highest BCUT2D eigenvalue weighted by molar-refractivity contribution is 5.78. The van der Waals surface area contributed by atoms with Crippen molar-refractivity contribution in [2.24, 2.45) is 11.7 Å². The van der Waals surface area contributed by atoms with Gasteiger partial charge in [-0.1, -0.05) is 18.2 Å². The summed E-state index contributed by atoms with van der Waals surface area (Å²) in [6.45, 7) is 0.712. The Kier molecular flexibility index (Phi) is 6.47. The number of hydrogen-bond donors (Lipinski definition) is 1. The Morgan fingerprint density at radius 2 is 1.79 bits per heavy atom. The van der Waals surface area contributed by atoms with E-state index in [1.54, 1.807) is 4.90 Å². The number of carbonyl (C=O) groups excluding carboxylic acids is 2. The first kappa shape index (κ1) is 19.7. The number of nitrogens with two attached hydrogens (primary N) is 1. The quantitative estimate of drug-likeness (QED) is 0.792. The number of nitrogens with zero attached hydrogens (tertiary/aromatic N) is 1. The van der Waals surface area contributed by atoms with Crippen molar-refractivity contribution < 1.29 is 23.5 Å². The standard InChI is InChI=1S/C21H23FN2O4/c22-16-6-8-17(9-7-16)27-14-21(26)24-11-10-19(15(13-24)12-20(23)25)28-18-4-2-1-3-5-18/h1-9,15,19H,10-14H2,(H2,23,25)/t15-,19-/m0/s1. The van der Waals surface area contributed by atoms with Crippen molar-refractivity contribution in [3.05, 3.63) is 60.4 Å². The van der Waals surface area contributed by atoms with Gasteiger partial charge in [0.05, 0.1) is 0 Å². The zero-order valence-corrected chi connectivity index (χ0v) is 15.4. The Morgan fingerprint density at radius 1 is 1.07 bits per heavy atom. The minimum atomic E-state index is -0.427. The second kappa shape index (κ2) is 9.21. The van der Waals surface area contributed by atoms with E-state index >= 15 is 0 Å². The van der Waals surface area contributed by atoms with Gasteiger partial charge in [0.25, 0.3) is 5.91 Å². The summed E-state index contributed by atoms with van der Waals surface area (Å²) in [4.78, 5) is 25.6. The molecule has 2 amide bonds. The first-order valence-electron chi connectivity index (χ1n) is 9.17. The summed E-state index contributed by atoms with van der Waals surface area (Å²) >= 11 is 0. The molecule has 28 heavy (non-hydrogen) atoms. The van der Waals surface area contributed by atoms with Gasteiger partial charge in [-0.05, 0) is 36.4 Å². The summed E-state index contributed by atoms with van der Waals surface area (Å²) in [5, 5.41) is 0. The molecule has 0 radical (unpaired) electrons. The average Bonchev–Trinajstić information content (AvgIpc) is 2.69. The van der Waals surface area contributed by atoms with Crippen LogP contribution in [-0.2, 0) is 9.59 Å². The van der Waals surface area contributed by atoms with Gasteiger partial charge < -0.3 is 20.1 Å². The molecule has 0 aliphatic carbocycles. The van der Waals surface area contributed by atoms with Gasteiger partial charge in [-0.15, -0.1) is 0 Å². The Bertz CT molecular complexity index is 798. The fourth-order valence-corrected chi connectivity index (χ4v) is 3.29. The lowest BCUT2D eigenvalue weighted by molar-refractivity contribution is -0.138. The second-order valence-corrected chi connectivity index (χ2v) is 6.77. The van der Waals surface area contributed by atoms with Crippen molar-refractivity contribution >= 4 is 11.8 Å².